The van der Waals surface area contributed by atoms with Crippen LogP contribution in [0.5, 0.6) is 0 Å². The minimum absolute atomic E-state index is 0.270. The number of rotatable bonds is 18. The van der Waals surface area contributed by atoms with Gasteiger partial charge in [-0.3, -0.25) is 0 Å². The van der Waals surface area contributed by atoms with Crippen molar-refractivity contribution in [1.82, 2.24) is 0 Å². The number of hydrogen-bond donors (Lipinski definition) is 0. The van der Waals surface area contributed by atoms with E-state index in [4.69, 9.17) is 25.8 Å². The molecule has 0 N–H and O–H groups in total. The lowest BCUT2D eigenvalue weighted by Crippen LogP contribution is -2.46. The van der Waals surface area contributed by atoms with Gasteiger partial charge in [0.25, 0.3) is 5.97 Å². The summed E-state index contributed by atoms with van der Waals surface area (Å²) in [4.78, 5) is 0. The average molecular weight is 365 g/mol. The molecule has 0 saturated carbocycles. The van der Waals surface area contributed by atoms with E-state index in [2.05, 4.69) is 6.92 Å². The molecule has 0 aliphatic carbocycles. The molecular weight excluding hydrogens is 324 g/mol. The van der Waals surface area contributed by atoms with E-state index in [-0.39, 0.29) is 5.92 Å². The van der Waals surface area contributed by atoms with Crippen LogP contribution >= 0.6 is 11.6 Å². The van der Waals surface area contributed by atoms with Crippen molar-refractivity contribution in [2.24, 2.45) is 5.92 Å². The van der Waals surface area contributed by atoms with Gasteiger partial charge in [-0.05, 0) is 40.0 Å². The van der Waals surface area contributed by atoms with Crippen molar-refractivity contribution in [1.29, 1.82) is 0 Å². The van der Waals surface area contributed by atoms with E-state index in [0.29, 0.717) is 25.7 Å². The summed E-state index contributed by atoms with van der Waals surface area (Å²) in [6, 6.07) is 0. The Morgan fingerprint density at radius 2 is 1.12 bits per heavy atom. The first-order chi connectivity index (χ1) is 11.7. The van der Waals surface area contributed by atoms with Crippen molar-refractivity contribution in [3.05, 3.63) is 0 Å². The minimum atomic E-state index is -0.881. The minimum Gasteiger partial charge on any atom is -0.328 e. The summed E-state index contributed by atoms with van der Waals surface area (Å²) in [6.07, 6.45) is 12.1. The van der Waals surface area contributed by atoms with E-state index >= 15 is 0 Å². The molecule has 1 unspecified atom stereocenters. The largest absolute Gasteiger partial charge is 0.328 e. The highest BCUT2D eigenvalue weighted by Gasteiger charge is 2.41. The summed E-state index contributed by atoms with van der Waals surface area (Å²) >= 11 is 5.86. The SMILES string of the molecule is CCCCCCCCC(CCCCCl)C(OCC)(OCC)OCC. The lowest BCUT2D eigenvalue weighted by Gasteiger charge is -2.39. The Balaban J connectivity index is 4.74. The highest BCUT2D eigenvalue weighted by Crippen LogP contribution is 2.34. The standard InChI is InChI=1S/C20H41ClO3/c1-5-9-10-11-12-13-16-19(17-14-15-18-21)20(22-6-2,23-7-3)24-8-4/h19H,5-18H2,1-4H3. The number of halogens is 1. The lowest BCUT2D eigenvalue weighted by atomic mass is 9.92. The van der Waals surface area contributed by atoms with E-state index < -0.39 is 5.97 Å². The van der Waals surface area contributed by atoms with Crippen molar-refractivity contribution in [2.45, 2.75) is 97.9 Å². The van der Waals surface area contributed by atoms with Crippen LogP contribution in [0, 0.1) is 5.92 Å². The molecule has 0 fully saturated rings. The van der Waals surface area contributed by atoms with Gasteiger partial charge in [0.2, 0.25) is 0 Å². The van der Waals surface area contributed by atoms with Crippen molar-refractivity contribution in [3.63, 3.8) is 0 Å². The molecule has 0 bridgehead atoms. The van der Waals surface area contributed by atoms with Gasteiger partial charge in [-0.25, -0.2) is 0 Å². The lowest BCUT2D eigenvalue weighted by molar-refractivity contribution is -0.403. The summed E-state index contributed by atoms with van der Waals surface area (Å²) in [5.74, 6) is 0.106. The summed E-state index contributed by atoms with van der Waals surface area (Å²) in [7, 11) is 0. The average Bonchev–Trinajstić information content (AvgIpc) is 2.57. The van der Waals surface area contributed by atoms with Crippen LogP contribution in [0.3, 0.4) is 0 Å². The fourth-order valence-electron chi connectivity index (χ4n) is 3.24. The Morgan fingerprint density at radius 1 is 0.667 bits per heavy atom. The van der Waals surface area contributed by atoms with Gasteiger partial charge in [0.05, 0.1) is 0 Å². The molecule has 0 heterocycles. The molecule has 0 aromatic heterocycles. The second-order valence-corrected chi connectivity index (χ2v) is 6.72. The first-order valence-corrected chi connectivity index (χ1v) is 10.7. The molecule has 0 spiro atoms. The first-order valence-electron chi connectivity index (χ1n) is 10.2. The molecule has 0 aliphatic heterocycles. The maximum absolute atomic E-state index is 6.02. The second kappa shape index (κ2) is 16.6. The number of alkyl halides is 1. The second-order valence-electron chi connectivity index (χ2n) is 6.34. The zero-order valence-electron chi connectivity index (χ0n) is 16.6. The van der Waals surface area contributed by atoms with E-state index in [1.54, 1.807) is 0 Å². The molecule has 146 valence electrons. The zero-order valence-corrected chi connectivity index (χ0v) is 17.3. The Morgan fingerprint density at radius 3 is 1.58 bits per heavy atom. The third kappa shape index (κ3) is 10.2. The molecule has 0 aromatic rings. The molecule has 0 amide bonds. The molecular formula is C20H41ClO3. The van der Waals surface area contributed by atoms with Gasteiger partial charge < -0.3 is 14.2 Å². The van der Waals surface area contributed by atoms with Crippen LogP contribution in [0.1, 0.15) is 91.9 Å². The Hall–Kier alpha value is 0.170. The quantitative estimate of drug-likeness (QED) is 0.157. The maximum Gasteiger partial charge on any atom is 0.285 e. The Kier molecular flexibility index (Phi) is 16.7. The Labute approximate surface area is 155 Å². The topological polar surface area (TPSA) is 27.7 Å². The van der Waals surface area contributed by atoms with Crippen molar-refractivity contribution in [3.8, 4) is 0 Å². The fraction of sp³-hybridized carbons (Fsp3) is 1.00. The van der Waals surface area contributed by atoms with Crippen LogP contribution in [0.25, 0.3) is 0 Å². The number of unbranched alkanes of at least 4 members (excludes halogenated alkanes) is 6. The highest BCUT2D eigenvalue weighted by molar-refractivity contribution is 6.17. The molecule has 0 aromatic carbocycles. The zero-order chi connectivity index (χ0) is 18.1. The van der Waals surface area contributed by atoms with Gasteiger partial charge in [0, 0.05) is 31.6 Å². The maximum atomic E-state index is 6.02. The Bertz CT molecular complexity index is 244. The smallest absolute Gasteiger partial charge is 0.285 e. The van der Waals surface area contributed by atoms with Crippen LogP contribution < -0.4 is 0 Å². The van der Waals surface area contributed by atoms with Gasteiger partial charge >= 0.3 is 0 Å². The van der Waals surface area contributed by atoms with Gasteiger partial charge in [0.15, 0.2) is 0 Å². The van der Waals surface area contributed by atoms with Crippen molar-refractivity contribution < 1.29 is 14.2 Å². The van der Waals surface area contributed by atoms with Gasteiger partial charge in [-0.2, -0.15) is 0 Å². The first kappa shape index (κ1) is 24.2. The fourth-order valence-corrected chi connectivity index (χ4v) is 3.43. The predicted molar refractivity (Wildman–Crippen MR) is 104 cm³/mol. The molecule has 1 atom stereocenters. The molecule has 0 saturated heterocycles. The van der Waals surface area contributed by atoms with Gasteiger partial charge in [-0.1, -0.05) is 51.9 Å². The van der Waals surface area contributed by atoms with Crippen molar-refractivity contribution >= 4 is 11.6 Å². The monoisotopic (exact) mass is 364 g/mol. The van der Waals surface area contributed by atoms with Crippen LogP contribution in [-0.4, -0.2) is 31.7 Å². The normalized spacial score (nSPS) is 13.4. The molecule has 3 nitrogen and oxygen atoms in total. The predicted octanol–water partition coefficient (Wildman–Crippen LogP) is 6.53. The van der Waals surface area contributed by atoms with E-state index in [1.165, 1.54) is 38.5 Å². The van der Waals surface area contributed by atoms with E-state index in [1.807, 2.05) is 20.8 Å². The van der Waals surface area contributed by atoms with E-state index in [0.717, 1.165) is 25.7 Å². The van der Waals surface area contributed by atoms with Crippen LogP contribution in [0.15, 0.2) is 0 Å². The highest BCUT2D eigenvalue weighted by atomic mass is 35.5. The summed E-state index contributed by atoms with van der Waals surface area (Å²) in [5, 5.41) is 0. The molecule has 4 heteroatoms. The summed E-state index contributed by atoms with van der Waals surface area (Å²) in [5.41, 5.74) is 0. The van der Waals surface area contributed by atoms with Gasteiger partial charge in [-0.15, -0.1) is 11.6 Å². The van der Waals surface area contributed by atoms with Crippen molar-refractivity contribution in [2.75, 3.05) is 25.7 Å². The summed E-state index contributed by atoms with van der Waals surface area (Å²) in [6.45, 7) is 10.1. The van der Waals surface area contributed by atoms with Crippen LogP contribution in [0.4, 0.5) is 0 Å². The van der Waals surface area contributed by atoms with E-state index in [9.17, 15) is 0 Å². The van der Waals surface area contributed by atoms with Gasteiger partial charge in [0.1, 0.15) is 0 Å². The number of hydrogen-bond acceptors (Lipinski definition) is 3. The van der Waals surface area contributed by atoms with Crippen LogP contribution in [-0.2, 0) is 14.2 Å². The number of ether oxygens (including phenoxy) is 3. The third-order valence-corrected chi connectivity index (χ3v) is 4.65. The third-order valence-electron chi connectivity index (χ3n) is 4.38. The molecule has 0 radical (unpaired) electrons. The van der Waals surface area contributed by atoms with Crippen LogP contribution in [0.2, 0.25) is 0 Å². The summed E-state index contributed by atoms with van der Waals surface area (Å²) < 4.78 is 18.1. The molecule has 24 heavy (non-hydrogen) atoms. The molecule has 0 rings (SSSR count). The molecule has 0 aliphatic rings.